The Balaban J connectivity index is 1.57. The van der Waals surface area contributed by atoms with E-state index in [4.69, 9.17) is 0 Å². The van der Waals surface area contributed by atoms with Crippen LogP contribution in [-0.4, -0.2) is 31.7 Å². The molecule has 31 heavy (non-hydrogen) atoms. The molecule has 5 nitrogen and oxygen atoms in total. The van der Waals surface area contributed by atoms with Crippen LogP contribution in [0.3, 0.4) is 0 Å². The van der Waals surface area contributed by atoms with Crippen LogP contribution < -0.4 is 5.32 Å². The molecule has 0 aromatic heterocycles. The van der Waals surface area contributed by atoms with E-state index in [0.29, 0.717) is 25.9 Å². The Morgan fingerprint density at radius 1 is 1.10 bits per heavy atom. The lowest BCUT2D eigenvalue weighted by atomic mass is 9.94. The highest BCUT2D eigenvalue weighted by Gasteiger charge is 2.31. The van der Waals surface area contributed by atoms with Gasteiger partial charge in [-0.05, 0) is 80.5 Å². The number of rotatable bonds is 6. The molecule has 2 aromatic carbocycles. The zero-order valence-electron chi connectivity index (χ0n) is 18.6. The zero-order chi connectivity index (χ0) is 22.8. The van der Waals surface area contributed by atoms with Gasteiger partial charge in [-0.25, -0.2) is 12.7 Å². The van der Waals surface area contributed by atoms with Crippen LogP contribution in [0.4, 0.5) is 0 Å². The molecule has 2 aromatic rings. The van der Waals surface area contributed by atoms with Crippen molar-refractivity contribution in [1.82, 2.24) is 9.62 Å². The lowest BCUT2D eigenvalue weighted by molar-refractivity contribution is -0.126. The van der Waals surface area contributed by atoms with E-state index < -0.39 is 10.0 Å². The number of amides is 1. The number of hydrogen-bond acceptors (Lipinski definition) is 3. The number of halogens is 1. The van der Waals surface area contributed by atoms with Gasteiger partial charge >= 0.3 is 0 Å². The normalized spacial score (nSPS) is 16.8. The maximum absolute atomic E-state index is 12.8. The molecule has 1 saturated heterocycles. The quantitative estimate of drug-likeness (QED) is 0.611. The Bertz CT molecular complexity index is 1060. The average molecular weight is 507 g/mol. The fourth-order valence-electron chi connectivity index (χ4n) is 4.18. The van der Waals surface area contributed by atoms with Crippen LogP contribution >= 0.6 is 15.9 Å². The summed E-state index contributed by atoms with van der Waals surface area (Å²) >= 11 is 3.38. The molecule has 0 unspecified atom stereocenters. The summed E-state index contributed by atoms with van der Waals surface area (Å²) in [5.74, 6) is -0.173. The van der Waals surface area contributed by atoms with Crippen molar-refractivity contribution < 1.29 is 13.2 Å². The minimum Gasteiger partial charge on any atom is -0.349 e. The summed E-state index contributed by atoms with van der Waals surface area (Å²) in [6.07, 6.45) is 1.09. The van der Waals surface area contributed by atoms with Crippen molar-refractivity contribution in [3.05, 3.63) is 68.7 Å². The summed E-state index contributed by atoms with van der Waals surface area (Å²) < 4.78 is 28.0. The number of hydrogen-bond donors (Lipinski definition) is 1. The van der Waals surface area contributed by atoms with Crippen LogP contribution in [0.1, 0.15) is 53.6 Å². The molecule has 1 N–H and O–H groups in total. The number of benzene rings is 2. The largest absolute Gasteiger partial charge is 0.349 e. The first-order valence-corrected chi connectivity index (χ1v) is 13.1. The van der Waals surface area contributed by atoms with Crippen molar-refractivity contribution in [3.8, 4) is 0 Å². The van der Waals surface area contributed by atoms with Crippen LogP contribution in [-0.2, 0) is 20.6 Å². The first-order chi connectivity index (χ1) is 14.6. The van der Waals surface area contributed by atoms with Gasteiger partial charge in [-0.15, -0.1) is 0 Å². The molecule has 1 amide bonds. The molecule has 3 rings (SSSR count). The predicted molar refractivity (Wildman–Crippen MR) is 128 cm³/mol. The van der Waals surface area contributed by atoms with E-state index in [1.54, 1.807) is 0 Å². The van der Waals surface area contributed by atoms with E-state index in [1.165, 1.54) is 21.0 Å². The molecular formula is C24H31BrN2O3S. The second kappa shape index (κ2) is 9.84. The van der Waals surface area contributed by atoms with Crippen molar-refractivity contribution >= 4 is 31.9 Å². The third-order valence-corrected chi connectivity index (χ3v) is 8.51. The van der Waals surface area contributed by atoms with Gasteiger partial charge in [-0.2, -0.15) is 0 Å². The zero-order valence-corrected chi connectivity index (χ0v) is 21.0. The summed E-state index contributed by atoms with van der Waals surface area (Å²) in [5, 5.41) is 3.14. The van der Waals surface area contributed by atoms with Gasteiger partial charge < -0.3 is 5.32 Å². The minimum absolute atomic E-state index is 0.00849. The van der Waals surface area contributed by atoms with E-state index in [2.05, 4.69) is 54.2 Å². The predicted octanol–water partition coefficient (Wildman–Crippen LogP) is 4.79. The van der Waals surface area contributed by atoms with Crippen molar-refractivity contribution in [2.75, 3.05) is 13.1 Å². The number of aryl methyl sites for hydroxylation is 3. The average Bonchev–Trinajstić information content (AvgIpc) is 2.70. The van der Waals surface area contributed by atoms with Gasteiger partial charge in [0.1, 0.15) is 0 Å². The number of nitrogens with one attached hydrogen (secondary N) is 1. The SMILES string of the molecule is Cc1cc(C)c([C@H](C)NC(=O)C2CCN(S(=O)(=O)Cc3cccc(Br)c3)CC2)cc1C. The number of carbonyl (C=O) groups is 1. The van der Waals surface area contributed by atoms with Crippen LogP contribution in [0.2, 0.25) is 0 Å². The van der Waals surface area contributed by atoms with Gasteiger partial charge in [0.15, 0.2) is 0 Å². The minimum atomic E-state index is -3.40. The van der Waals surface area contributed by atoms with Crippen molar-refractivity contribution in [3.63, 3.8) is 0 Å². The van der Waals surface area contributed by atoms with Gasteiger partial charge in [0.05, 0.1) is 11.8 Å². The summed E-state index contributed by atoms with van der Waals surface area (Å²) in [4.78, 5) is 12.8. The fraction of sp³-hybridized carbons (Fsp3) is 0.458. The molecule has 168 valence electrons. The molecular weight excluding hydrogens is 476 g/mol. The smallest absolute Gasteiger partial charge is 0.223 e. The Hall–Kier alpha value is -1.70. The molecule has 1 fully saturated rings. The molecule has 1 heterocycles. The number of sulfonamides is 1. The summed E-state index contributed by atoms with van der Waals surface area (Å²) in [6.45, 7) is 9.01. The lowest BCUT2D eigenvalue weighted by Crippen LogP contribution is -2.43. The fourth-order valence-corrected chi connectivity index (χ4v) is 6.18. The highest BCUT2D eigenvalue weighted by Crippen LogP contribution is 2.25. The molecule has 7 heteroatoms. The summed E-state index contributed by atoms with van der Waals surface area (Å²) in [6, 6.07) is 11.6. The van der Waals surface area contributed by atoms with E-state index in [1.807, 2.05) is 31.2 Å². The Kier molecular flexibility index (Phi) is 7.60. The van der Waals surface area contributed by atoms with Crippen molar-refractivity contribution in [2.24, 2.45) is 5.92 Å². The molecule has 0 spiro atoms. The maximum atomic E-state index is 12.8. The van der Waals surface area contributed by atoms with E-state index in [0.717, 1.165) is 15.6 Å². The van der Waals surface area contributed by atoms with Gasteiger partial charge in [0.25, 0.3) is 0 Å². The molecule has 1 aliphatic rings. The second-order valence-corrected chi connectivity index (χ2v) is 11.5. The third kappa shape index (κ3) is 5.96. The Morgan fingerprint density at radius 2 is 1.74 bits per heavy atom. The van der Waals surface area contributed by atoms with Crippen LogP contribution in [0.25, 0.3) is 0 Å². The highest BCUT2D eigenvalue weighted by atomic mass is 79.9. The van der Waals surface area contributed by atoms with E-state index in [-0.39, 0.29) is 23.6 Å². The van der Waals surface area contributed by atoms with Gasteiger partial charge in [0.2, 0.25) is 15.9 Å². The number of piperidine rings is 1. The number of nitrogens with zero attached hydrogens (tertiary/aromatic N) is 1. The van der Waals surface area contributed by atoms with E-state index in [9.17, 15) is 13.2 Å². The first kappa shape index (κ1) is 24.0. The van der Waals surface area contributed by atoms with Crippen LogP contribution in [0.15, 0.2) is 40.9 Å². The molecule has 0 bridgehead atoms. The molecule has 1 atom stereocenters. The third-order valence-electron chi connectivity index (χ3n) is 6.16. The Morgan fingerprint density at radius 3 is 2.39 bits per heavy atom. The van der Waals surface area contributed by atoms with Crippen LogP contribution in [0, 0.1) is 26.7 Å². The lowest BCUT2D eigenvalue weighted by Gasteiger charge is -2.31. The summed E-state index contributed by atoms with van der Waals surface area (Å²) in [7, 11) is -3.40. The first-order valence-electron chi connectivity index (χ1n) is 10.7. The Labute approximate surface area is 194 Å². The molecule has 0 radical (unpaired) electrons. The molecule has 0 saturated carbocycles. The topological polar surface area (TPSA) is 66.5 Å². The van der Waals surface area contributed by atoms with Gasteiger partial charge in [-0.3, -0.25) is 4.79 Å². The van der Waals surface area contributed by atoms with Crippen molar-refractivity contribution in [1.29, 1.82) is 0 Å². The summed E-state index contributed by atoms with van der Waals surface area (Å²) in [5.41, 5.74) is 5.52. The second-order valence-electron chi connectivity index (χ2n) is 8.58. The molecule has 0 aliphatic carbocycles. The monoisotopic (exact) mass is 506 g/mol. The van der Waals surface area contributed by atoms with Gasteiger partial charge in [0, 0.05) is 23.5 Å². The molecule has 1 aliphatic heterocycles. The maximum Gasteiger partial charge on any atom is 0.223 e. The highest BCUT2D eigenvalue weighted by molar-refractivity contribution is 9.10. The number of carbonyl (C=O) groups excluding carboxylic acids is 1. The van der Waals surface area contributed by atoms with Crippen molar-refractivity contribution in [2.45, 2.75) is 52.3 Å². The van der Waals surface area contributed by atoms with Gasteiger partial charge in [-0.1, -0.05) is 40.2 Å². The van der Waals surface area contributed by atoms with E-state index >= 15 is 0 Å². The van der Waals surface area contributed by atoms with Crippen LogP contribution in [0.5, 0.6) is 0 Å². The standard InChI is InChI=1S/C24H31BrN2O3S/c1-16-12-18(3)23(13-17(16)2)19(4)26-24(28)21-8-10-27(11-9-21)31(29,30)15-20-6-5-7-22(25)14-20/h5-7,12-14,19,21H,8-11,15H2,1-4H3,(H,26,28)/t19-/m0/s1.